The molecule has 6 heteroatoms. The third-order valence-electron chi connectivity index (χ3n) is 4.32. The van der Waals surface area contributed by atoms with Crippen molar-refractivity contribution in [1.29, 1.82) is 0 Å². The first-order valence-corrected chi connectivity index (χ1v) is 10.6. The highest BCUT2D eigenvalue weighted by Crippen LogP contribution is 2.16. The number of carbonyl (C=O) groups is 2. The average Bonchev–Trinajstić information content (AvgIpc) is 2.71. The van der Waals surface area contributed by atoms with Crippen LogP contribution in [0.1, 0.15) is 31.4 Å². The first kappa shape index (κ1) is 22.0. The minimum atomic E-state index is -0.596. The van der Waals surface area contributed by atoms with E-state index < -0.39 is 6.04 Å². The Labute approximate surface area is 170 Å². The van der Waals surface area contributed by atoms with Crippen molar-refractivity contribution in [1.82, 2.24) is 10.2 Å². The fraction of sp³-hybridized carbons (Fsp3) is 0.364. The lowest BCUT2D eigenvalue weighted by atomic mass is 10.1. The van der Waals surface area contributed by atoms with Gasteiger partial charge in [-0.2, -0.15) is 0 Å². The van der Waals surface area contributed by atoms with Crippen molar-refractivity contribution < 1.29 is 14.0 Å². The zero-order valence-corrected chi connectivity index (χ0v) is 17.2. The van der Waals surface area contributed by atoms with Gasteiger partial charge in [0, 0.05) is 18.8 Å². The average molecular weight is 403 g/mol. The number of rotatable bonds is 10. The van der Waals surface area contributed by atoms with Gasteiger partial charge in [-0.1, -0.05) is 49.4 Å². The van der Waals surface area contributed by atoms with Gasteiger partial charge in [-0.05, 0) is 36.6 Å². The molecular weight excluding hydrogens is 375 g/mol. The number of hydrogen-bond donors (Lipinski definition) is 1. The van der Waals surface area contributed by atoms with Gasteiger partial charge in [0.1, 0.15) is 11.9 Å². The molecule has 0 aromatic heterocycles. The Morgan fingerprint density at radius 1 is 1.07 bits per heavy atom. The number of amides is 2. The Kier molecular flexibility index (Phi) is 9.01. The highest BCUT2D eigenvalue weighted by atomic mass is 32.2. The monoisotopic (exact) mass is 402 g/mol. The largest absolute Gasteiger partial charge is 0.354 e. The maximum Gasteiger partial charge on any atom is 0.242 e. The molecule has 2 aromatic carbocycles. The van der Waals surface area contributed by atoms with Gasteiger partial charge in [0.15, 0.2) is 0 Å². The van der Waals surface area contributed by atoms with Crippen LogP contribution < -0.4 is 5.32 Å². The van der Waals surface area contributed by atoms with E-state index in [1.165, 1.54) is 23.9 Å². The Bertz CT molecular complexity index is 753. The second kappa shape index (κ2) is 11.5. The smallest absolute Gasteiger partial charge is 0.242 e. The molecule has 0 spiro atoms. The number of halogens is 1. The van der Waals surface area contributed by atoms with Crippen LogP contribution in [0.5, 0.6) is 0 Å². The highest BCUT2D eigenvalue weighted by Gasteiger charge is 2.25. The summed E-state index contributed by atoms with van der Waals surface area (Å²) in [6.45, 7) is 4.55. The summed E-state index contributed by atoms with van der Waals surface area (Å²) in [5.74, 6) is 0.401. The van der Waals surface area contributed by atoms with Crippen LogP contribution in [0.2, 0.25) is 0 Å². The molecule has 0 radical (unpaired) electrons. The summed E-state index contributed by atoms with van der Waals surface area (Å²) >= 11 is 1.52. The lowest BCUT2D eigenvalue weighted by Gasteiger charge is -2.28. The van der Waals surface area contributed by atoms with Gasteiger partial charge in [0.25, 0.3) is 0 Å². The number of thioether (sulfide) groups is 1. The molecule has 4 nitrogen and oxygen atoms in total. The maximum atomic E-state index is 13.2. The minimum Gasteiger partial charge on any atom is -0.354 e. The molecule has 0 aliphatic carbocycles. The van der Waals surface area contributed by atoms with Gasteiger partial charge in [-0.25, -0.2) is 4.39 Å². The molecular formula is C22H27FN2O2S. The van der Waals surface area contributed by atoms with Crippen LogP contribution in [0.15, 0.2) is 54.6 Å². The van der Waals surface area contributed by atoms with Crippen LogP contribution in [0.3, 0.4) is 0 Å². The van der Waals surface area contributed by atoms with Crippen molar-refractivity contribution in [3.8, 4) is 0 Å². The van der Waals surface area contributed by atoms with E-state index in [1.807, 2.05) is 37.3 Å². The Balaban J connectivity index is 2.03. The van der Waals surface area contributed by atoms with Gasteiger partial charge in [-0.3, -0.25) is 9.59 Å². The first-order chi connectivity index (χ1) is 13.5. The van der Waals surface area contributed by atoms with Crippen molar-refractivity contribution in [2.45, 2.75) is 38.6 Å². The molecule has 0 unspecified atom stereocenters. The summed E-state index contributed by atoms with van der Waals surface area (Å²) < 4.78 is 13.2. The molecule has 0 saturated heterocycles. The van der Waals surface area contributed by atoms with E-state index in [2.05, 4.69) is 5.32 Å². The molecule has 2 aromatic rings. The summed E-state index contributed by atoms with van der Waals surface area (Å²) in [6, 6.07) is 15.4. The second-order valence-corrected chi connectivity index (χ2v) is 7.58. The third kappa shape index (κ3) is 7.00. The van der Waals surface area contributed by atoms with Crippen molar-refractivity contribution in [2.75, 3.05) is 12.3 Å². The van der Waals surface area contributed by atoms with Crippen LogP contribution in [-0.4, -0.2) is 35.1 Å². The van der Waals surface area contributed by atoms with E-state index in [4.69, 9.17) is 0 Å². The van der Waals surface area contributed by atoms with Crippen molar-refractivity contribution in [2.24, 2.45) is 0 Å². The maximum absolute atomic E-state index is 13.2. The summed E-state index contributed by atoms with van der Waals surface area (Å²) in [5, 5.41) is 2.84. The molecule has 150 valence electrons. The fourth-order valence-corrected chi connectivity index (χ4v) is 3.55. The van der Waals surface area contributed by atoms with Crippen molar-refractivity contribution >= 4 is 23.6 Å². The summed E-state index contributed by atoms with van der Waals surface area (Å²) in [4.78, 5) is 26.9. The summed E-state index contributed by atoms with van der Waals surface area (Å²) in [5.41, 5.74) is 1.94. The molecule has 1 N–H and O–H groups in total. The highest BCUT2D eigenvalue weighted by molar-refractivity contribution is 7.99. The SMILES string of the molecule is CCCNC(=O)[C@H](C)N(Cc1ccc(F)cc1)C(=O)CSCc1ccccc1. The van der Waals surface area contributed by atoms with E-state index in [1.54, 1.807) is 24.0 Å². The molecule has 0 aliphatic heterocycles. The van der Waals surface area contributed by atoms with Gasteiger partial charge >= 0.3 is 0 Å². The predicted octanol–water partition coefficient (Wildman–Crippen LogP) is 4.00. The fourth-order valence-electron chi connectivity index (χ4n) is 2.68. The quantitative estimate of drug-likeness (QED) is 0.653. The van der Waals surface area contributed by atoms with Crippen LogP contribution >= 0.6 is 11.8 Å². The number of nitrogens with one attached hydrogen (secondary N) is 1. The van der Waals surface area contributed by atoms with Gasteiger partial charge < -0.3 is 10.2 Å². The molecule has 1 atom stereocenters. The van der Waals surface area contributed by atoms with Crippen LogP contribution in [-0.2, 0) is 21.9 Å². The molecule has 0 fully saturated rings. The van der Waals surface area contributed by atoms with E-state index in [9.17, 15) is 14.0 Å². The predicted molar refractivity (Wildman–Crippen MR) is 112 cm³/mol. The van der Waals surface area contributed by atoms with E-state index in [0.29, 0.717) is 6.54 Å². The topological polar surface area (TPSA) is 49.4 Å². The lowest BCUT2D eigenvalue weighted by molar-refractivity contribution is -0.138. The van der Waals surface area contributed by atoms with Crippen LogP contribution in [0.25, 0.3) is 0 Å². The zero-order valence-electron chi connectivity index (χ0n) is 16.4. The van der Waals surface area contributed by atoms with Crippen molar-refractivity contribution in [3.63, 3.8) is 0 Å². The molecule has 2 amide bonds. The van der Waals surface area contributed by atoms with Crippen molar-refractivity contribution in [3.05, 3.63) is 71.5 Å². The van der Waals surface area contributed by atoms with E-state index >= 15 is 0 Å². The molecule has 0 saturated carbocycles. The molecule has 0 bridgehead atoms. The molecule has 0 aliphatic rings. The van der Waals surface area contributed by atoms with Gasteiger partial charge in [-0.15, -0.1) is 11.8 Å². The number of nitrogens with zero attached hydrogens (tertiary/aromatic N) is 1. The van der Waals surface area contributed by atoms with Crippen LogP contribution in [0.4, 0.5) is 4.39 Å². The van der Waals surface area contributed by atoms with E-state index in [-0.39, 0.29) is 29.9 Å². The Hall–Kier alpha value is -2.34. The summed E-state index contributed by atoms with van der Waals surface area (Å²) in [6.07, 6.45) is 0.831. The first-order valence-electron chi connectivity index (χ1n) is 9.44. The molecule has 2 rings (SSSR count). The Morgan fingerprint density at radius 2 is 1.75 bits per heavy atom. The van der Waals surface area contributed by atoms with E-state index in [0.717, 1.165) is 23.3 Å². The van der Waals surface area contributed by atoms with Gasteiger partial charge in [0.05, 0.1) is 5.75 Å². The Morgan fingerprint density at radius 3 is 2.39 bits per heavy atom. The molecule has 28 heavy (non-hydrogen) atoms. The lowest BCUT2D eigenvalue weighted by Crippen LogP contribution is -2.48. The number of carbonyl (C=O) groups excluding carboxylic acids is 2. The third-order valence-corrected chi connectivity index (χ3v) is 5.31. The standard InChI is InChI=1S/C22H27FN2O2S/c1-3-13-24-22(27)17(2)25(14-18-9-11-20(23)12-10-18)21(26)16-28-15-19-7-5-4-6-8-19/h4-12,17H,3,13-16H2,1-2H3,(H,24,27)/t17-/m0/s1. The summed E-state index contributed by atoms with van der Waals surface area (Å²) in [7, 11) is 0. The molecule has 0 heterocycles. The second-order valence-electron chi connectivity index (χ2n) is 6.59. The van der Waals surface area contributed by atoms with Gasteiger partial charge in [0.2, 0.25) is 11.8 Å². The minimum absolute atomic E-state index is 0.107. The number of benzene rings is 2. The number of hydrogen-bond acceptors (Lipinski definition) is 3. The zero-order chi connectivity index (χ0) is 20.4. The normalized spacial score (nSPS) is 11.7. The van der Waals surface area contributed by atoms with Crippen LogP contribution in [0, 0.1) is 5.82 Å².